The number of benzene rings is 2. The van der Waals surface area contributed by atoms with Crippen molar-refractivity contribution in [1.29, 1.82) is 0 Å². The van der Waals surface area contributed by atoms with Crippen molar-refractivity contribution in [3.8, 4) is 5.69 Å². The first kappa shape index (κ1) is 16.7. The SMILES string of the molecule is Fc1ccc(/C=C2/CSCc3cnn(-c4ccc(Cl)cc4Cl)c32)cc1. The number of rotatable bonds is 2. The van der Waals surface area contributed by atoms with Crippen LogP contribution in [0, 0.1) is 5.82 Å². The zero-order valence-electron chi connectivity index (χ0n) is 13.0. The van der Waals surface area contributed by atoms with Gasteiger partial charge >= 0.3 is 0 Å². The molecule has 2 heterocycles. The van der Waals surface area contributed by atoms with Crippen LogP contribution in [0.4, 0.5) is 4.39 Å². The van der Waals surface area contributed by atoms with Crippen LogP contribution >= 0.6 is 35.0 Å². The molecular formula is C19H13Cl2FN2S. The third kappa shape index (κ3) is 3.34. The maximum Gasteiger partial charge on any atom is 0.123 e. The van der Waals surface area contributed by atoms with Crippen molar-refractivity contribution >= 4 is 46.6 Å². The number of hydrogen-bond acceptors (Lipinski definition) is 2. The van der Waals surface area contributed by atoms with Gasteiger partial charge < -0.3 is 0 Å². The van der Waals surface area contributed by atoms with E-state index >= 15 is 0 Å². The lowest BCUT2D eigenvalue weighted by Crippen LogP contribution is -2.08. The van der Waals surface area contributed by atoms with Gasteiger partial charge in [-0.2, -0.15) is 16.9 Å². The Morgan fingerprint density at radius 3 is 2.64 bits per heavy atom. The molecule has 0 bridgehead atoms. The Morgan fingerprint density at radius 2 is 1.88 bits per heavy atom. The molecule has 4 rings (SSSR count). The van der Waals surface area contributed by atoms with Gasteiger partial charge in [0.1, 0.15) is 5.82 Å². The van der Waals surface area contributed by atoms with E-state index in [-0.39, 0.29) is 5.82 Å². The van der Waals surface area contributed by atoms with Gasteiger partial charge in [-0.1, -0.05) is 35.3 Å². The first-order chi connectivity index (χ1) is 12.1. The number of aromatic nitrogens is 2. The molecule has 126 valence electrons. The van der Waals surface area contributed by atoms with Crippen LogP contribution in [0.3, 0.4) is 0 Å². The number of fused-ring (bicyclic) bond motifs is 1. The fourth-order valence-corrected chi connectivity index (χ4v) is 4.34. The quantitative estimate of drug-likeness (QED) is 0.525. The zero-order chi connectivity index (χ0) is 17.4. The monoisotopic (exact) mass is 390 g/mol. The molecule has 0 spiro atoms. The van der Waals surface area contributed by atoms with E-state index in [1.807, 2.05) is 28.7 Å². The van der Waals surface area contributed by atoms with Crippen molar-refractivity contribution in [3.63, 3.8) is 0 Å². The molecule has 0 amide bonds. The number of halogens is 3. The van der Waals surface area contributed by atoms with Crippen LogP contribution in [-0.2, 0) is 5.75 Å². The van der Waals surface area contributed by atoms with E-state index in [0.29, 0.717) is 10.0 Å². The summed E-state index contributed by atoms with van der Waals surface area (Å²) in [5, 5.41) is 5.68. The molecule has 0 unspecified atom stereocenters. The molecule has 1 aliphatic heterocycles. The van der Waals surface area contributed by atoms with Gasteiger partial charge in [-0.15, -0.1) is 0 Å². The molecule has 2 aromatic carbocycles. The van der Waals surface area contributed by atoms with E-state index < -0.39 is 0 Å². The van der Waals surface area contributed by atoms with Crippen LogP contribution in [0.5, 0.6) is 0 Å². The van der Waals surface area contributed by atoms with Crippen LogP contribution < -0.4 is 0 Å². The van der Waals surface area contributed by atoms with Crippen molar-refractivity contribution in [2.75, 3.05) is 5.75 Å². The minimum Gasteiger partial charge on any atom is -0.232 e. The molecule has 0 atom stereocenters. The highest BCUT2D eigenvalue weighted by atomic mass is 35.5. The molecule has 0 N–H and O–H groups in total. The Kier molecular flexibility index (Phi) is 4.59. The molecule has 0 fully saturated rings. The fraction of sp³-hybridized carbons (Fsp3) is 0.105. The fourth-order valence-electron chi connectivity index (χ4n) is 2.88. The predicted octanol–water partition coefficient (Wildman–Crippen LogP) is 6.11. The molecule has 25 heavy (non-hydrogen) atoms. The van der Waals surface area contributed by atoms with Crippen LogP contribution in [0.25, 0.3) is 17.3 Å². The highest BCUT2D eigenvalue weighted by molar-refractivity contribution is 7.99. The maximum atomic E-state index is 13.2. The zero-order valence-corrected chi connectivity index (χ0v) is 15.4. The van der Waals surface area contributed by atoms with Gasteiger partial charge in [0, 0.05) is 22.1 Å². The van der Waals surface area contributed by atoms with Gasteiger partial charge in [0.05, 0.1) is 22.6 Å². The second-order valence-electron chi connectivity index (χ2n) is 5.74. The summed E-state index contributed by atoms with van der Waals surface area (Å²) in [6, 6.07) is 11.9. The lowest BCUT2D eigenvalue weighted by molar-refractivity contribution is 0.628. The van der Waals surface area contributed by atoms with E-state index in [1.54, 1.807) is 24.3 Å². The van der Waals surface area contributed by atoms with Crippen molar-refractivity contribution in [2.24, 2.45) is 0 Å². The van der Waals surface area contributed by atoms with Gasteiger partial charge in [-0.3, -0.25) is 0 Å². The normalized spacial score (nSPS) is 15.4. The summed E-state index contributed by atoms with van der Waals surface area (Å²) < 4.78 is 15.0. The minimum atomic E-state index is -0.237. The summed E-state index contributed by atoms with van der Waals surface area (Å²) in [6.45, 7) is 0. The highest BCUT2D eigenvalue weighted by Crippen LogP contribution is 2.36. The van der Waals surface area contributed by atoms with Crippen LogP contribution in [0.15, 0.2) is 48.7 Å². The predicted molar refractivity (Wildman–Crippen MR) is 104 cm³/mol. The Morgan fingerprint density at radius 1 is 1.08 bits per heavy atom. The summed E-state index contributed by atoms with van der Waals surface area (Å²) in [5.41, 5.74) is 5.10. The Labute approximate surface area is 159 Å². The number of hydrogen-bond donors (Lipinski definition) is 0. The number of thioether (sulfide) groups is 1. The second-order valence-corrected chi connectivity index (χ2v) is 7.57. The van der Waals surface area contributed by atoms with Gasteiger partial charge in [0.25, 0.3) is 0 Å². The molecule has 1 aromatic heterocycles. The molecule has 0 aliphatic carbocycles. The summed E-state index contributed by atoms with van der Waals surface area (Å²) in [6.07, 6.45) is 3.96. The molecule has 0 saturated heterocycles. The lowest BCUT2D eigenvalue weighted by atomic mass is 10.1. The third-order valence-electron chi connectivity index (χ3n) is 4.01. The van der Waals surface area contributed by atoms with Crippen molar-refractivity contribution in [2.45, 2.75) is 5.75 Å². The molecule has 1 aliphatic rings. The van der Waals surface area contributed by atoms with E-state index in [0.717, 1.165) is 39.6 Å². The number of nitrogens with zero attached hydrogens (tertiary/aromatic N) is 2. The van der Waals surface area contributed by atoms with E-state index in [4.69, 9.17) is 23.2 Å². The highest BCUT2D eigenvalue weighted by Gasteiger charge is 2.22. The average Bonchev–Trinajstić information content (AvgIpc) is 3.02. The standard InChI is InChI=1S/C19H13Cl2FN2S/c20-15-3-6-18(17(21)8-15)24-19-13(10-25-11-14(19)9-23-24)7-12-1-4-16(22)5-2-12/h1-9H,10-11H2/b13-7-. The first-order valence-electron chi connectivity index (χ1n) is 7.68. The third-order valence-corrected chi connectivity index (χ3v) is 5.58. The maximum absolute atomic E-state index is 13.2. The van der Waals surface area contributed by atoms with E-state index in [1.165, 1.54) is 12.1 Å². The largest absolute Gasteiger partial charge is 0.232 e. The van der Waals surface area contributed by atoms with E-state index in [9.17, 15) is 4.39 Å². The molecule has 0 saturated carbocycles. The van der Waals surface area contributed by atoms with Crippen molar-refractivity contribution in [3.05, 3.63) is 81.3 Å². The van der Waals surface area contributed by atoms with Gasteiger partial charge in [0.15, 0.2) is 0 Å². The second kappa shape index (κ2) is 6.87. The molecular weight excluding hydrogens is 378 g/mol. The van der Waals surface area contributed by atoms with Crippen LogP contribution in [-0.4, -0.2) is 15.5 Å². The smallest absolute Gasteiger partial charge is 0.123 e. The molecule has 3 aromatic rings. The minimum absolute atomic E-state index is 0.237. The van der Waals surface area contributed by atoms with Crippen molar-refractivity contribution < 1.29 is 4.39 Å². The summed E-state index contributed by atoms with van der Waals surface area (Å²) in [4.78, 5) is 0. The van der Waals surface area contributed by atoms with Gasteiger partial charge in [-0.05, 0) is 47.5 Å². The molecule has 6 heteroatoms. The Balaban J connectivity index is 1.83. The molecule has 2 nitrogen and oxygen atoms in total. The lowest BCUT2D eigenvalue weighted by Gasteiger charge is -2.18. The topological polar surface area (TPSA) is 17.8 Å². The average molecular weight is 391 g/mol. The van der Waals surface area contributed by atoms with Gasteiger partial charge in [0.2, 0.25) is 0 Å². The summed E-state index contributed by atoms with van der Waals surface area (Å²) >= 11 is 14.2. The summed E-state index contributed by atoms with van der Waals surface area (Å²) in [5.74, 6) is 1.53. The van der Waals surface area contributed by atoms with E-state index in [2.05, 4.69) is 11.2 Å². The van der Waals surface area contributed by atoms with Crippen LogP contribution in [0.2, 0.25) is 10.0 Å². The molecule has 0 radical (unpaired) electrons. The van der Waals surface area contributed by atoms with Crippen molar-refractivity contribution in [1.82, 2.24) is 9.78 Å². The van der Waals surface area contributed by atoms with Crippen LogP contribution in [0.1, 0.15) is 16.8 Å². The Hall–Kier alpha value is -1.75. The summed E-state index contributed by atoms with van der Waals surface area (Å²) in [7, 11) is 0. The Bertz CT molecular complexity index is 964. The first-order valence-corrected chi connectivity index (χ1v) is 9.59. The van der Waals surface area contributed by atoms with Gasteiger partial charge in [-0.25, -0.2) is 9.07 Å².